The first kappa shape index (κ1) is 16.8. The molecule has 26 heavy (non-hydrogen) atoms. The fraction of sp³-hybridized carbons (Fsp3) is 0.474. The van der Waals surface area contributed by atoms with Gasteiger partial charge in [0.15, 0.2) is 5.69 Å². The first-order valence-electron chi connectivity index (χ1n) is 9.06. The fourth-order valence-electron chi connectivity index (χ4n) is 3.57. The van der Waals surface area contributed by atoms with Crippen molar-refractivity contribution in [1.29, 1.82) is 0 Å². The van der Waals surface area contributed by atoms with Crippen molar-refractivity contribution >= 4 is 11.6 Å². The van der Waals surface area contributed by atoms with Gasteiger partial charge in [-0.3, -0.25) is 4.79 Å². The minimum Gasteiger partial charge on any atom is -0.497 e. The van der Waals surface area contributed by atoms with Crippen LogP contribution < -0.4 is 14.4 Å². The van der Waals surface area contributed by atoms with Gasteiger partial charge in [-0.1, -0.05) is 0 Å². The molecule has 0 radical (unpaired) electrons. The minimum absolute atomic E-state index is 0.00220. The number of aryl methyl sites for hydroxylation is 1. The zero-order chi connectivity index (χ0) is 18.1. The molecule has 7 heteroatoms. The Labute approximate surface area is 153 Å². The summed E-state index contributed by atoms with van der Waals surface area (Å²) in [4.78, 5) is 17.1. The van der Waals surface area contributed by atoms with E-state index in [0.717, 1.165) is 48.9 Å². The van der Waals surface area contributed by atoms with Crippen molar-refractivity contribution in [2.24, 2.45) is 0 Å². The van der Waals surface area contributed by atoms with E-state index in [1.54, 1.807) is 7.11 Å². The van der Waals surface area contributed by atoms with E-state index in [9.17, 15) is 4.79 Å². The molecule has 0 N–H and O–H groups in total. The molecule has 138 valence electrons. The molecule has 0 bridgehead atoms. The Bertz CT molecular complexity index is 792. The topological polar surface area (TPSA) is 59.8 Å². The molecule has 1 amide bonds. The maximum Gasteiger partial charge on any atom is 0.274 e. The highest BCUT2D eigenvalue weighted by Gasteiger charge is 2.28. The first-order chi connectivity index (χ1) is 12.7. The number of nitrogens with zero attached hydrogens (tertiary/aromatic N) is 4. The molecule has 1 fully saturated rings. The summed E-state index contributed by atoms with van der Waals surface area (Å²) in [5, 5.41) is 4.49. The van der Waals surface area contributed by atoms with Gasteiger partial charge in [0.1, 0.15) is 5.75 Å². The van der Waals surface area contributed by atoms with Crippen molar-refractivity contribution in [2.75, 3.05) is 44.8 Å². The van der Waals surface area contributed by atoms with Crippen LogP contribution in [0, 0.1) is 6.92 Å². The molecule has 1 aromatic carbocycles. The van der Waals surface area contributed by atoms with E-state index in [4.69, 9.17) is 9.47 Å². The van der Waals surface area contributed by atoms with Crippen LogP contribution in [0.2, 0.25) is 0 Å². The van der Waals surface area contributed by atoms with Gasteiger partial charge in [0.25, 0.3) is 5.91 Å². The number of carbonyl (C=O) groups is 1. The van der Waals surface area contributed by atoms with Gasteiger partial charge in [-0.15, -0.1) is 0 Å². The van der Waals surface area contributed by atoms with Crippen LogP contribution in [0.3, 0.4) is 0 Å². The Morgan fingerprint density at radius 2 is 1.85 bits per heavy atom. The van der Waals surface area contributed by atoms with E-state index >= 15 is 0 Å². The number of hydrogen-bond acceptors (Lipinski definition) is 5. The Morgan fingerprint density at radius 1 is 1.12 bits per heavy atom. The summed E-state index contributed by atoms with van der Waals surface area (Å²) < 4.78 is 12.7. The first-order valence-corrected chi connectivity index (χ1v) is 9.06. The Hall–Kier alpha value is -2.70. The quantitative estimate of drug-likeness (QED) is 0.841. The van der Waals surface area contributed by atoms with Gasteiger partial charge >= 0.3 is 0 Å². The number of amides is 1. The number of rotatable bonds is 3. The Balaban J connectivity index is 1.43. The summed E-state index contributed by atoms with van der Waals surface area (Å²) >= 11 is 0. The van der Waals surface area contributed by atoms with E-state index < -0.39 is 0 Å². The standard InChI is InChI=1S/C19H24N4O3/c1-14-17(20-23-8-3-13-26-19(14)23)18(24)22-11-9-21(10-12-22)15-4-6-16(25-2)7-5-15/h4-7H,3,8-13H2,1-2H3. The molecule has 7 nitrogen and oxygen atoms in total. The van der Waals surface area contributed by atoms with Crippen LogP contribution >= 0.6 is 0 Å². The molecule has 2 aromatic rings. The molecule has 2 aliphatic rings. The lowest BCUT2D eigenvalue weighted by atomic mass is 10.2. The average Bonchev–Trinajstić information content (AvgIpc) is 3.04. The molecule has 0 aliphatic carbocycles. The molecule has 4 rings (SSSR count). The summed E-state index contributed by atoms with van der Waals surface area (Å²) in [6, 6.07) is 8.04. The van der Waals surface area contributed by atoms with E-state index in [2.05, 4.69) is 22.1 Å². The predicted molar refractivity (Wildman–Crippen MR) is 98.2 cm³/mol. The lowest BCUT2D eigenvalue weighted by Gasteiger charge is -2.36. The van der Waals surface area contributed by atoms with Crippen LogP contribution in [-0.4, -0.2) is 60.5 Å². The number of piperazine rings is 1. The van der Waals surface area contributed by atoms with Crippen molar-refractivity contribution in [2.45, 2.75) is 19.9 Å². The third kappa shape index (κ3) is 2.98. The Morgan fingerprint density at radius 3 is 2.50 bits per heavy atom. The van der Waals surface area contributed by atoms with Gasteiger partial charge in [0, 0.05) is 50.4 Å². The molecule has 1 saturated heterocycles. The van der Waals surface area contributed by atoms with Crippen LogP contribution in [0.4, 0.5) is 5.69 Å². The third-order valence-electron chi connectivity index (χ3n) is 5.09. The number of aromatic nitrogens is 2. The normalized spacial score (nSPS) is 16.8. The monoisotopic (exact) mass is 356 g/mol. The number of benzene rings is 1. The Kier molecular flexibility index (Phi) is 4.44. The zero-order valence-corrected chi connectivity index (χ0v) is 15.3. The SMILES string of the molecule is COc1ccc(N2CCN(C(=O)c3nn4c(c3C)OCCC4)CC2)cc1. The molecule has 0 atom stereocenters. The molecule has 1 aromatic heterocycles. The van der Waals surface area contributed by atoms with Crippen LogP contribution in [0.1, 0.15) is 22.5 Å². The van der Waals surface area contributed by atoms with Gasteiger partial charge < -0.3 is 19.3 Å². The van der Waals surface area contributed by atoms with Crippen molar-refractivity contribution in [3.05, 3.63) is 35.5 Å². The van der Waals surface area contributed by atoms with Gasteiger partial charge in [-0.25, -0.2) is 4.68 Å². The minimum atomic E-state index is 0.00220. The third-order valence-corrected chi connectivity index (χ3v) is 5.09. The van der Waals surface area contributed by atoms with Crippen molar-refractivity contribution in [1.82, 2.24) is 14.7 Å². The zero-order valence-electron chi connectivity index (χ0n) is 15.3. The van der Waals surface area contributed by atoms with E-state index in [1.807, 2.05) is 28.6 Å². The second-order valence-electron chi connectivity index (χ2n) is 6.68. The molecular formula is C19H24N4O3. The van der Waals surface area contributed by atoms with Crippen LogP contribution in [0.25, 0.3) is 0 Å². The van der Waals surface area contributed by atoms with Gasteiger partial charge in [0.2, 0.25) is 5.88 Å². The number of methoxy groups -OCH3 is 1. The smallest absolute Gasteiger partial charge is 0.274 e. The summed E-state index contributed by atoms with van der Waals surface area (Å²) in [6.07, 6.45) is 0.933. The van der Waals surface area contributed by atoms with E-state index in [1.165, 1.54) is 0 Å². The van der Waals surface area contributed by atoms with E-state index in [-0.39, 0.29) is 5.91 Å². The summed E-state index contributed by atoms with van der Waals surface area (Å²) in [7, 11) is 1.67. The summed E-state index contributed by atoms with van der Waals surface area (Å²) in [5.41, 5.74) is 2.53. The summed E-state index contributed by atoms with van der Waals surface area (Å²) in [6.45, 7) is 6.42. The maximum atomic E-state index is 12.9. The predicted octanol–water partition coefficient (Wildman–Crippen LogP) is 1.95. The molecule has 0 saturated carbocycles. The summed E-state index contributed by atoms with van der Waals surface area (Å²) in [5.74, 6) is 1.60. The van der Waals surface area contributed by atoms with Crippen molar-refractivity contribution < 1.29 is 14.3 Å². The second kappa shape index (κ2) is 6.90. The van der Waals surface area contributed by atoms with Crippen molar-refractivity contribution in [3.63, 3.8) is 0 Å². The molecule has 0 unspecified atom stereocenters. The van der Waals surface area contributed by atoms with Crippen LogP contribution in [0.15, 0.2) is 24.3 Å². The molecule has 2 aliphatic heterocycles. The highest BCUT2D eigenvalue weighted by Crippen LogP contribution is 2.26. The fourth-order valence-corrected chi connectivity index (χ4v) is 3.57. The number of fused-ring (bicyclic) bond motifs is 1. The maximum absolute atomic E-state index is 12.9. The van der Waals surface area contributed by atoms with Crippen LogP contribution in [0.5, 0.6) is 11.6 Å². The van der Waals surface area contributed by atoms with Crippen molar-refractivity contribution in [3.8, 4) is 11.6 Å². The molecular weight excluding hydrogens is 332 g/mol. The van der Waals surface area contributed by atoms with Crippen LogP contribution in [-0.2, 0) is 6.54 Å². The number of hydrogen-bond donors (Lipinski definition) is 0. The lowest BCUT2D eigenvalue weighted by Crippen LogP contribution is -2.49. The number of ether oxygens (including phenoxy) is 2. The lowest BCUT2D eigenvalue weighted by molar-refractivity contribution is 0.0739. The van der Waals surface area contributed by atoms with Gasteiger partial charge in [0.05, 0.1) is 13.7 Å². The van der Waals surface area contributed by atoms with Gasteiger partial charge in [-0.05, 0) is 31.2 Å². The second-order valence-corrected chi connectivity index (χ2v) is 6.68. The number of carbonyl (C=O) groups excluding carboxylic acids is 1. The number of anilines is 1. The molecule has 3 heterocycles. The van der Waals surface area contributed by atoms with Gasteiger partial charge in [-0.2, -0.15) is 5.10 Å². The van der Waals surface area contributed by atoms with E-state index in [0.29, 0.717) is 25.4 Å². The average molecular weight is 356 g/mol. The highest BCUT2D eigenvalue weighted by molar-refractivity contribution is 5.94. The highest BCUT2D eigenvalue weighted by atomic mass is 16.5. The molecule has 0 spiro atoms. The largest absolute Gasteiger partial charge is 0.497 e.